The van der Waals surface area contributed by atoms with Crippen molar-refractivity contribution in [3.8, 4) is 6.07 Å². The second-order valence-electron chi connectivity index (χ2n) is 4.43. The molecule has 0 saturated carbocycles. The summed E-state index contributed by atoms with van der Waals surface area (Å²) in [6.07, 6.45) is 0.982. The lowest BCUT2D eigenvalue weighted by Gasteiger charge is -2.16. The van der Waals surface area contributed by atoms with Gasteiger partial charge in [0.15, 0.2) is 11.6 Å². The molecule has 18 heavy (non-hydrogen) atoms. The maximum atomic E-state index is 13.6. The average molecular weight is 252 g/mol. The van der Waals surface area contributed by atoms with Crippen LogP contribution in [0, 0.1) is 28.9 Å². The summed E-state index contributed by atoms with van der Waals surface area (Å²) in [7, 11) is 0. The van der Waals surface area contributed by atoms with Crippen LogP contribution in [0.4, 0.5) is 14.5 Å². The highest BCUT2D eigenvalue weighted by Gasteiger charge is 2.24. The zero-order valence-corrected chi connectivity index (χ0v) is 10.0. The molecule has 1 saturated heterocycles. The Balaban J connectivity index is 2.08. The summed E-state index contributed by atoms with van der Waals surface area (Å²) in [6.45, 7) is 3.09. The number of nitriles is 1. The predicted molar refractivity (Wildman–Crippen MR) is 63.1 cm³/mol. The van der Waals surface area contributed by atoms with E-state index >= 15 is 0 Å². The molecule has 1 heterocycles. The van der Waals surface area contributed by atoms with Crippen LogP contribution in [0.5, 0.6) is 0 Å². The van der Waals surface area contributed by atoms with E-state index in [1.54, 1.807) is 6.07 Å². The molecule has 2 atom stereocenters. The van der Waals surface area contributed by atoms with Crippen LogP contribution in [0.1, 0.15) is 18.9 Å². The van der Waals surface area contributed by atoms with E-state index in [1.807, 2.05) is 6.92 Å². The zero-order valence-electron chi connectivity index (χ0n) is 10.0. The molecule has 0 amide bonds. The van der Waals surface area contributed by atoms with Gasteiger partial charge in [0.1, 0.15) is 5.69 Å². The fourth-order valence-corrected chi connectivity index (χ4v) is 2.08. The van der Waals surface area contributed by atoms with Gasteiger partial charge in [0.05, 0.1) is 17.7 Å². The summed E-state index contributed by atoms with van der Waals surface area (Å²) in [5, 5.41) is 11.4. The average Bonchev–Trinajstić information content (AvgIpc) is 2.73. The van der Waals surface area contributed by atoms with Gasteiger partial charge in [-0.05, 0) is 25.5 Å². The van der Waals surface area contributed by atoms with Crippen molar-refractivity contribution in [2.45, 2.75) is 19.4 Å². The van der Waals surface area contributed by atoms with Crippen molar-refractivity contribution >= 4 is 5.69 Å². The lowest BCUT2D eigenvalue weighted by Crippen LogP contribution is -2.21. The first-order valence-electron chi connectivity index (χ1n) is 5.86. The molecule has 0 bridgehead atoms. The third kappa shape index (κ3) is 2.59. The summed E-state index contributed by atoms with van der Waals surface area (Å²) in [6, 6.07) is 3.77. The molecule has 2 unspecified atom stereocenters. The van der Waals surface area contributed by atoms with Gasteiger partial charge in [0, 0.05) is 19.1 Å². The van der Waals surface area contributed by atoms with E-state index in [2.05, 4.69) is 5.32 Å². The van der Waals surface area contributed by atoms with Crippen LogP contribution < -0.4 is 5.32 Å². The molecule has 0 aromatic heterocycles. The van der Waals surface area contributed by atoms with E-state index in [1.165, 1.54) is 0 Å². The Hall–Kier alpha value is -1.67. The van der Waals surface area contributed by atoms with Crippen LogP contribution >= 0.6 is 0 Å². The molecular formula is C13H14F2N2O. The lowest BCUT2D eigenvalue weighted by molar-refractivity contribution is 0.108. The number of ether oxygens (including phenoxy) is 1. The molecule has 1 aliphatic rings. The first-order valence-corrected chi connectivity index (χ1v) is 5.86. The molecular weight excluding hydrogens is 238 g/mol. The van der Waals surface area contributed by atoms with Gasteiger partial charge >= 0.3 is 0 Å². The van der Waals surface area contributed by atoms with Gasteiger partial charge in [0.2, 0.25) is 0 Å². The van der Waals surface area contributed by atoms with Crippen LogP contribution in [-0.2, 0) is 4.74 Å². The molecule has 1 fully saturated rings. The largest absolute Gasteiger partial charge is 0.380 e. The summed E-state index contributed by atoms with van der Waals surface area (Å²) in [4.78, 5) is 0. The fraction of sp³-hybridized carbons (Fsp3) is 0.462. The second kappa shape index (κ2) is 5.32. The third-order valence-electron chi connectivity index (χ3n) is 3.25. The summed E-state index contributed by atoms with van der Waals surface area (Å²) >= 11 is 0. The van der Waals surface area contributed by atoms with Gasteiger partial charge in [-0.1, -0.05) is 0 Å². The van der Waals surface area contributed by atoms with Gasteiger partial charge in [-0.3, -0.25) is 0 Å². The van der Waals surface area contributed by atoms with Gasteiger partial charge in [-0.2, -0.15) is 5.26 Å². The normalized spacial score (nSPS) is 22.8. The monoisotopic (exact) mass is 252 g/mol. The maximum absolute atomic E-state index is 13.6. The highest BCUT2D eigenvalue weighted by atomic mass is 19.1. The van der Waals surface area contributed by atoms with E-state index in [0.717, 1.165) is 18.6 Å². The van der Waals surface area contributed by atoms with Crippen molar-refractivity contribution in [1.29, 1.82) is 5.26 Å². The summed E-state index contributed by atoms with van der Waals surface area (Å²) < 4.78 is 32.5. The molecule has 1 N–H and O–H groups in total. The van der Waals surface area contributed by atoms with Gasteiger partial charge in [-0.25, -0.2) is 8.78 Å². The molecule has 2 rings (SSSR count). The molecule has 3 nitrogen and oxygen atoms in total. The Morgan fingerprint density at radius 1 is 1.44 bits per heavy atom. The number of anilines is 1. The van der Waals surface area contributed by atoms with Crippen LogP contribution in [0.25, 0.3) is 0 Å². The number of benzene rings is 1. The Labute approximate surface area is 104 Å². The first-order chi connectivity index (χ1) is 8.61. The lowest BCUT2D eigenvalue weighted by atomic mass is 10.0. The van der Waals surface area contributed by atoms with Crippen molar-refractivity contribution < 1.29 is 13.5 Å². The zero-order chi connectivity index (χ0) is 13.1. The van der Waals surface area contributed by atoms with Gasteiger partial charge in [-0.15, -0.1) is 0 Å². The van der Waals surface area contributed by atoms with Crippen molar-refractivity contribution in [3.63, 3.8) is 0 Å². The van der Waals surface area contributed by atoms with Crippen LogP contribution in [0.15, 0.2) is 12.1 Å². The molecule has 1 aromatic rings. The van der Waals surface area contributed by atoms with Crippen molar-refractivity contribution in [2.75, 3.05) is 18.5 Å². The molecule has 0 radical (unpaired) electrons. The van der Waals surface area contributed by atoms with Crippen molar-refractivity contribution in [1.82, 2.24) is 0 Å². The molecule has 1 aromatic carbocycles. The minimum Gasteiger partial charge on any atom is -0.380 e. The minimum absolute atomic E-state index is 0.0203. The number of nitrogens with one attached hydrogen (secondary N) is 1. The number of hydrogen-bond acceptors (Lipinski definition) is 3. The quantitative estimate of drug-likeness (QED) is 0.899. The Kier molecular flexibility index (Phi) is 3.78. The first kappa shape index (κ1) is 12.8. The minimum atomic E-state index is -0.738. The number of rotatable bonds is 3. The number of hydrogen-bond donors (Lipinski definition) is 1. The van der Waals surface area contributed by atoms with E-state index < -0.39 is 11.6 Å². The number of halogens is 2. The highest BCUT2D eigenvalue weighted by Crippen LogP contribution is 2.24. The van der Waals surface area contributed by atoms with E-state index in [0.29, 0.717) is 13.2 Å². The van der Waals surface area contributed by atoms with Gasteiger partial charge < -0.3 is 10.1 Å². The molecule has 0 spiro atoms. The smallest absolute Gasteiger partial charge is 0.150 e. The number of nitrogens with zero attached hydrogens (tertiary/aromatic N) is 1. The maximum Gasteiger partial charge on any atom is 0.150 e. The van der Waals surface area contributed by atoms with Crippen molar-refractivity contribution in [3.05, 3.63) is 29.3 Å². The highest BCUT2D eigenvalue weighted by molar-refractivity contribution is 5.50. The molecule has 5 heteroatoms. The van der Waals surface area contributed by atoms with E-state index in [-0.39, 0.29) is 23.3 Å². The molecule has 96 valence electrons. The topological polar surface area (TPSA) is 45.0 Å². The van der Waals surface area contributed by atoms with Crippen LogP contribution in [0.2, 0.25) is 0 Å². The Morgan fingerprint density at radius 3 is 2.61 bits per heavy atom. The third-order valence-corrected chi connectivity index (χ3v) is 3.25. The SMILES string of the molecule is CC1OCCC1CNc1c(F)cc(C#N)cc1F. The van der Waals surface area contributed by atoms with Crippen LogP contribution in [0.3, 0.4) is 0 Å². The molecule has 0 aliphatic carbocycles. The predicted octanol–water partition coefficient (Wildman–Crippen LogP) is 2.67. The molecule has 1 aliphatic heterocycles. The van der Waals surface area contributed by atoms with Gasteiger partial charge in [0.25, 0.3) is 0 Å². The van der Waals surface area contributed by atoms with E-state index in [4.69, 9.17) is 10.00 Å². The standard InChI is InChI=1S/C13H14F2N2O/c1-8-10(2-3-18-8)7-17-13-11(14)4-9(6-16)5-12(13)15/h4-5,8,10,17H,2-3,7H2,1H3. The second-order valence-corrected chi connectivity index (χ2v) is 4.43. The fourth-order valence-electron chi connectivity index (χ4n) is 2.08. The van der Waals surface area contributed by atoms with Crippen LogP contribution in [-0.4, -0.2) is 19.3 Å². The Morgan fingerprint density at radius 2 is 2.11 bits per heavy atom. The summed E-state index contributed by atoms with van der Waals surface area (Å²) in [5.74, 6) is -1.23. The van der Waals surface area contributed by atoms with E-state index in [9.17, 15) is 8.78 Å². The van der Waals surface area contributed by atoms with Crippen molar-refractivity contribution in [2.24, 2.45) is 5.92 Å². The Bertz CT molecular complexity index is 461. The summed E-state index contributed by atoms with van der Waals surface area (Å²) in [5.41, 5.74) is -0.193.